The maximum Gasteiger partial charge on any atom is 0.159 e. The van der Waals surface area contributed by atoms with Crippen molar-refractivity contribution in [2.75, 3.05) is 18.1 Å². The van der Waals surface area contributed by atoms with E-state index in [2.05, 4.69) is 29.2 Å². The number of hydrogen-bond acceptors (Lipinski definition) is 5. The Morgan fingerprint density at radius 1 is 1.55 bits per heavy atom. The highest BCUT2D eigenvalue weighted by atomic mass is 35.5. The van der Waals surface area contributed by atoms with Crippen molar-refractivity contribution in [2.45, 2.75) is 38.5 Å². The minimum absolute atomic E-state index is 0.249. The number of nitrogens with zero attached hydrogens (tertiary/aromatic N) is 3. The van der Waals surface area contributed by atoms with E-state index in [1.165, 1.54) is 0 Å². The van der Waals surface area contributed by atoms with E-state index in [0.717, 1.165) is 34.5 Å². The van der Waals surface area contributed by atoms with Gasteiger partial charge in [0.25, 0.3) is 0 Å². The predicted octanol–water partition coefficient (Wildman–Crippen LogP) is 2.62. The molecule has 2 aromatic heterocycles. The molecule has 2 aromatic rings. The number of nitrogens with one attached hydrogen (secondary N) is 1. The third-order valence-corrected chi connectivity index (χ3v) is 5.50. The molecular weight excluding hydrogens is 320 g/mol. The fourth-order valence-corrected chi connectivity index (χ4v) is 4.16. The van der Waals surface area contributed by atoms with Gasteiger partial charge in [0, 0.05) is 35.8 Å². The zero-order chi connectivity index (χ0) is 15.7. The topological polar surface area (TPSA) is 63.0 Å². The molecule has 0 amide bonds. The highest BCUT2D eigenvalue weighted by molar-refractivity contribution is 7.99. The van der Waals surface area contributed by atoms with Crippen molar-refractivity contribution in [1.29, 1.82) is 0 Å². The van der Waals surface area contributed by atoms with Crippen LogP contribution in [0.15, 0.2) is 12.3 Å². The third kappa shape index (κ3) is 3.25. The van der Waals surface area contributed by atoms with Crippen molar-refractivity contribution in [2.24, 2.45) is 0 Å². The molecule has 0 aromatic carbocycles. The number of aromatic nitrogens is 3. The van der Waals surface area contributed by atoms with E-state index in [1.807, 2.05) is 16.9 Å². The van der Waals surface area contributed by atoms with Gasteiger partial charge in [-0.2, -0.15) is 16.9 Å². The lowest BCUT2D eigenvalue weighted by Crippen LogP contribution is -2.40. The first-order valence-corrected chi connectivity index (χ1v) is 9.05. The van der Waals surface area contributed by atoms with Crippen LogP contribution in [0.5, 0.6) is 0 Å². The summed E-state index contributed by atoms with van der Waals surface area (Å²) in [6.07, 6.45) is 2.67. The fourth-order valence-electron chi connectivity index (χ4n) is 2.67. The molecule has 0 bridgehead atoms. The third-order valence-electron chi connectivity index (χ3n) is 3.94. The second-order valence-corrected chi connectivity index (χ2v) is 7.63. The quantitative estimate of drug-likeness (QED) is 0.819. The van der Waals surface area contributed by atoms with Gasteiger partial charge in [-0.05, 0) is 32.1 Å². The molecule has 1 fully saturated rings. The summed E-state index contributed by atoms with van der Waals surface area (Å²) in [6, 6.07) is 2.27. The lowest BCUT2D eigenvalue weighted by molar-refractivity contribution is 0.0674. The molecule has 2 N–H and O–H groups in total. The van der Waals surface area contributed by atoms with Gasteiger partial charge < -0.3 is 10.4 Å². The van der Waals surface area contributed by atoms with Crippen LogP contribution in [0.1, 0.15) is 31.9 Å². The van der Waals surface area contributed by atoms with Gasteiger partial charge in [0.1, 0.15) is 5.15 Å². The molecule has 1 aliphatic rings. The summed E-state index contributed by atoms with van der Waals surface area (Å²) in [5.74, 6) is 1.83. The van der Waals surface area contributed by atoms with Crippen molar-refractivity contribution in [3.05, 3.63) is 23.0 Å². The van der Waals surface area contributed by atoms with Crippen molar-refractivity contribution in [3.63, 3.8) is 0 Å². The van der Waals surface area contributed by atoms with Crippen LogP contribution < -0.4 is 5.32 Å². The highest BCUT2D eigenvalue weighted by Gasteiger charge is 2.31. The Bertz CT molecular complexity index is 667. The summed E-state index contributed by atoms with van der Waals surface area (Å²) >= 11 is 8.11. The monoisotopic (exact) mass is 340 g/mol. The Morgan fingerprint density at radius 3 is 3.05 bits per heavy atom. The molecule has 1 atom stereocenters. The Labute approximate surface area is 139 Å². The Morgan fingerprint density at radius 2 is 2.36 bits per heavy atom. The highest BCUT2D eigenvalue weighted by Crippen LogP contribution is 2.27. The maximum atomic E-state index is 10.3. The summed E-state index contributed by atoms with van der Waals surface area (Å²) in [4.78, 5) is 4.48. The summed E-state index contributed by atoms with van der Waals surface area (Å²) in [5.41, 5.74) is 1.17. The van der Waals surface area contributed by atoms with Crippen LogP contribution >= 0.6 is 23.4 Å². The Balaban J connectivity index is 1.72. The van der Waals surface area contributed by atoms with Crippen LogP contribution in [-0.4, -0.2) is 43.5 Å². The number of aliphatic hydroxyl groups is 1. The summed E-state index contributed by atoms with van der Waals surface area (Å²) < 4.78 is 1.87. The van der Waals surface area contributed by atoms with Crippen LogP contribution in [0.3, 0.4) is 0 Å². The molecule has 0 saturated carbocycles. The van der Waals surface area contributed by atoms with E-state index in [0.29, 0.717) is 18.2 Å². The lowest BCUT2D eigenvalue weighted by atomic mass is 10.0. The fraction of sp³-hybridized carbons (Fsp3) is 0.600. The number of halogens is 1. The summed E-state index contributed by atoms with van der Waals surface area (Å²) in [5, 5.41) is 19.5. The molecule has 3 rings (SSSR count). The SMILES string of the molecule is CC(C)n1ncc2cc(CNCC3(O)CCSC3)c(Cl)nc21. The largest absolute Gasteiger partial charge is 0.388 e. The number of fused-ring (bicyclic) bond motifs is 1. The van der Waals surface area contributed by atoms with Gasteiger partial charge in [0.05, 0.1) is 11.8 Å². The molecule has 3 heterocycles. The smallest absolute Gasteiger partial charge is 0.159 e. The zero-order valence-corrected chi connectivity index (χ0v) is 14.4. The molecule has 0 aliphatic carbocycles. The Kier molecular flexibility index (Phi) is 4.64. The second-order valence-electron chi connectivity index (χ2n) is 6.16. The van der Waals surface area contributed by atoms with Gasteiger partial charge in [-0.25, -0.2) is 9.67 Å². The summed E-state index contributed by atoms with van der Waals surface area (Å²) in [6.45, 7) is 5.32. The zero-order valence-electron chi connectivity index (χ0n) is 12.8. The average Bonchev–Trinajstić information content (AvgIpc) is 3.05. The molecule has 0 spiro atoms. The molecule has 1 saturated heterocycles. The number of rotatable bonds is 5. The van der Waals surface area contributed by atoms with Gasteiger partial charge in [0.2, 0.25) is 0 Å². The first-order chi connectivity index (χ1) is 10.5. The van der Waals surface area contributed by atoms with E-state index in [-0.39, 0.29) is 6.04 Å². The van der Waals surface area contributed by atoms with Gasteiger partial charge >= 0.3 is 0 Å². The van der Waals surface area contributed by atoms with Crippen molar-refractivity contribution >= 4 is 34.4 Å². The maximum absolute atomic E-state index is 10.3. The van der Waals surface area contributed by atoms with E-state index in [4.69, 9.17) is 11.6 Å². The molecule has 7 heteroatoms. The normalized spacial score (nSPS) is 22.0. The van der Waals surface area contributed by atoms with Crippen LogP contribution in [0.25, 0.3) is 11.0 Å². The van der Waals surface area contributed by atoms with Crippen LogP contribution in [0.2, 0.25) is 5.15 Å². The van der Waals surface area contributed by atoms with Crippen molar-refractivity contribution in [1.82, 2.24) is 20.1 Å². The molecule has 22 heavy (non-hydrogen) atoms. The predicted molar refractivity (Wildman–Crippen MR) is 91.5 cm³/mol. The van der Waals surface area contributed by atoms with E-state index < -0.39 is 5.60 Å². The summed E-state index contributed by atoms with van der Waals surface area (Å²) in [7, 11) is 0. The molecular formula is C15H21ClN4OS. The van der Waals surface area contributed by atoms with Crippen LogP contribution in [0.4, 0.5) is 0 Å². The molecule has 5 nitrogen and oxygen atoms in total. The molecule has 1 unspecified atom stereocenters. The van der Waals surface area contributed by atoms with Gasteiger partial charge in [0.15, 0.2) is 5.65 Å². The Hall–Kier alpha value is -0.820. The number of pyridine rings is 1. The van der Waals surface area contributed by atoms with E-state index in [9.17, 15) is 5.11 Å². The molecule has 1 aliphatic heterocycles. The van der Waals surface area contributed by atoms with Gasteiger partial charge in [-0.15, -0.1) is 0 Å². The minimum atomic E-state index is -0.586. The van der Waals surface area contributed by atoms with Crippen molar-refractivity contribution < 1.29 is 5.11 Å². The molecule has 120 valence electrons. The lowest BCUT2D eigenvalue weighted by Gasteiger charge is -2.21. The van der Waals surface area contributed by atoms with Crippen LogP contribution in [0, 0.1) is 0 Å². The van der Waals surface area contributed by atoms with Gasteiger partial charge in [-0.3, -0.25) is 0 Å². The van der Waals surface area contributed by atoms with E-state index in [1.54, 1.807) is 11.8 Å². The second kappa shape index (κ2) is 6.35. The van der Waals surface area contributed by atoms with Crippen molar-refractivity contribution in [3.8, 4) is 0 Å². The first kappa shape index (κ1) is 16.1. The van der Waals surface area contributed by atoms with Crippen LogP contribution in [-0.2, 0) is 6.54 Å². The standard InChI is InChI=1S/C15H21ClN4OS/c1-10(2)20-14-12(7-18-20)5-11(13(16)19-14)6-17-8-15(21)3-4-22-9-15/h5,7,10,17,21H,3-4,6,8-9H2,1-2H3. The minimum Gasteiger partial charge on any atom is -0.388 e. The molecule has 0 radical (unpaired) electrons. The number of thioether (sulfide) groups is 1. The first-order valence-electron chi connectivity index (χ1n) is 7.52. The average molecular weight is 341 g/mol. The van der Waals surface area contributed by atoms with E-state index >= 15 is 0 Å². The number of hydrogen-bond donors (Lipinski definition) is 2. The van der Waals surface area contributed by atoms with Gasteiger partial charge in [-0.1, -0.05) is 11.6 Å².